The number of sulfonamides is 1. The van der Waals surface area contributed by atoms with Gasteiger partial charge in [-0.2, -0.15) is 5.26 Å². The molecular weight excluding hydrogens is 397 g/mol. The molecule has 1 saturated heterocycles. The fourth-order valence-corrected chi connectivity index (χ4v) is 4.08. The zero-order valence-electron chi connectivity index (χ0n) is 15.6. The number of carbonyl (C=O) groups is 1. The van der Waals surface area contributed by atoms with E-state index in [1.54, 1.807) is 23.2 Å². The zero-order valence-corrected chi connectivity index (χ0v) is 16.4. The largest absolute Gasteiger partial charge is 0.352 e. The fourth-order valence-electron chi connectivity index (χ4n) is 3.05. The molecule has 0 unspecified atom stereocenters. The second-order valence-corrected chi connectivity index (χ2v) is 8.22. The Morgan fingerprint density at radius 2 is 1.86 bits per heavy atom. The fraction of sp³-hybridized carbons (Fsp3) is 0.316. The highest BCUT2D eigenvalue weighted by molar-refractivity contribution is 7.89. The lowest BCUT2D eigenvalue weighted by Gasteiger charge is -2.35. The summed E-state index contributed by atoms with van der Waals surface area (Å²) in [5.41, 5.74) is 0.488. The van der Waals surface area contributed by atoms with Crippen LogP contribution >= 0.6 is 0 Å². The standard InChI is InChI=1S/C19H20FN5O3S/c20-16-3-5-17(6-4-16)29(27,28)23-9-7-18(26)24-10-12-25(13-11-24)19-15(14-21)2-1-8-22-19/h1-6,8,23H,7,9-13H2. The molecule has 0 aliphatic carbocycles. The first-order chi connectivity index (χ1) is 13.9. The zero-order chi connectivity index (χ0) is 20.9. The summed E-state index contributed by atoms with van der Waals surface area (Å²) >= 11 is 0. The average molecular weight is 417 g/mol. The number of halogens is 1. The van der Waals surface area contributed by atoms with Crippen molar-refractivity contribution in [1.29, 1.82) is 5.26 Å². The van der Waals surface area contributed by atoms with E-state index in [0.29, 0.717) is 37.6 Å². The summed E-state index contributed by atoms with van der Waals surface area (Å²) in [5.74, 6) is -0.0759. The van der Waals surface area contributed by atoms with Gasteiger partial charge in [-0.15, -0.1) is 0 Å². The number of pyridine rings is 1. The van der Waals surface area contributed by atoms with Crippen molar-refractivity contribution >= 4 is 21.7 Å². The molecule has 0 radical (unpaired) electrons. The molecule has 1 amide bonds. The Morgan fingerprint density at radius 1 is 1.17 bits per heavy atom. The van der Waals surface area contributed by atoms with Crippen LogP contribution in [-0.2, 0) is 14.8 Å². The van der Waals surface area contributed by atoms with Crippen LogP contribution in [0.1, 0.15) is 12.0 Å². The van der Waals surface area contributed by atoms with Crippen LogP contribution < -0.4 is 9.62 Å². The molecule has 1 N–H and O–H groups in total. The number of carbonyl (C=O) groups excluding carboxylic acids is 1. The van der Waals surface area contributed by atoms with Crippen LogP contribution in [0.2, 0.25) is 0 Å². The van der Waals surface area contributed by atoms with Crippen molar-refractivity contribution in [2.24, 2.45) is 0 Å². The highest BCUT2D eigenvalue weighted by Gasteiger charge is 2.23. The van der Waals surface area contributed by atoms with Gasteiger partial charge < -0.3 is 9.80 Å². The lowest BCUT2D eigenvalue weighted by Crippen LogP contribution is -2.49. The maximum Gasteiger partial charge on any atom is 0.240 e. The Labute approximate surface area is 168 Å². The second kappa shape index (κ2) is 8.98. The molecule has 152 valence electrons. The maximum atomic E-state index is 12.9. The van der Waals surface area contributed by atoms with Gasteiger partial charge in [-0.25, -0.2) is 22.5 Å². The van der Waals surface area contributed by atoms with Crippen LogP contribution in [0.5, 0.6) is 0 Å². The minimum Gasteiger partial charge on any atom is -0.352 e. The molecule has 0 saturated carbocycles. The smallest absolute Gasteiger partial charge is 0.240 e. The van der Waals surface area contributed by atoms with E-state index in [-0.39, 0.29) is 23.8 Å². The number of nitrogens with one attached hydrogen (secondary N) is 1. The maximum absolute atomic E-state index is 12.9. The van der Waals surface area contributed by atoms with Crippen LogP contribution in [0.15, 0.2) is 47.5 Å². The molecule has 1 aromatic carbocycles. The van der Waals surface area contributed by atoms with Crippen molar-refractivity contribution in [2.45, 2.75) is 11.3 Å². The second-order valence-electron chi connectivity index (χ2n) is 6.46. The average Bonchev–Trinajstić information content (AvgIpc) is 2.74. The number of amides is 1. The van der Waals surface area contributed by atoms with Gasteiger partial charge in [0.1, 0.15) is 17.7 Å². The summed E-state index contributed by atoms with van der Waals surface area (Å²) in [6.45, 7) is 1.96. The molecule has 2 heterocycles. The minimum absolute atomic E-state index is 0.0213. The van der Waals surface area contributed by atoms with Gasteiger partial charge in [-0.3, -0.25) is 4.79 Å². The topological polar surface area (TPSA) is 106 Å². The first-order valence-corrected chi connectivity index (χ1v) is 10.5. The number of piperazine rings is 1. The quantitative estimate of drug-likeness (QED) is 0.755. The number of benzene rings is 1. The monoisotopic (exact) mass is 417 g/mol. The molecule has 3 rings (SSSR count). The van der Waals surface area contributed by atoms with Gasteiger partial charge in [-0.05, 0) is 36.4 Å². The Bertz CT molecular complexity index is 1010. The number of hydrogen-bond donors (Lipinski definition) is 1. The Balaban J connectivity index is 1.49. The van der Waals surface area contributed by atoms with Crippen molar-refractivity contribution in [2.75, 3.05) is 37.6 Å². The lowest BCUT2D eigenvalue weighted by molar-refractivity contribution is -0.131. The van der Waals surface area contributed by atoms with Crippen LogP contribution in [0.3, 0.4) is 0 Å². The van der Waals surface area contributed by atoms with Gasteiger partial charge in [0.2, 0.25) is 15.9 Å². The number of rotatable bonds is 6. The number of nitriles is 1. The van der Waals surface area contributed by atoms with E-state index in [1.165, 1.54) is 12.1 Å². The molecule has 10 heteroatoms. The van der Waals surface area contributed by atoms with Crippen molar-refractivity contribution in [1.82, 2.24) is 14.6 Å². The highest BCUT2D eigenvalue weighted by atomic mass is 32.2. The molecule has 0 bridgehead atoms. The molecule has 0 atom stereocenters. The van der Waals surface area contributed by atoms with Gasteiger partial charge in [0.25, 0.3) is 0 Å². The van der Waals surface area contributed by atoms with Gasteiger partial charge >= 0.3 is 0 Å². The summed E-state index contributed by atoms with van der Waals surface area (Å²) in [4.78, 5) is 20.2. The summed E-state index contributed by atoms with van der Waals surface area (Å²) in [6, 6.07) is 10.0. The molecule has 1 aliphatic heterocycles. The van der Waals surface area contributed by atoms with E-state index in [0.717, 1.165) is 12.1 Å². The van der Waals surface area contributed by atoms with Crippen LogP contribution in [0.4, 0.5) is 10.2 Å². The Morgan fingerprint density at radius 3 is 2.52 bits per heavy atom. The van der Waals surface area contributed by atoms with Gasteiger partial charge in [0, 0.05) is 45.3 Å². The highest BCUT2D eigenvalue weighted by Crippen LogP contribution is 2.18. The van der Waals surface area contributed by atoms with E-state index in [9.17, 15) is 22.9 Å². The predicted molar refractivity (Wildman–Crippen MR) is 104 cm³/mol. The number of hydrogen-bond acceptors (Lipinski definition) is 6. The molecule has 1 fully saturated rings. The van der Waals surface area contributed by atoms with E-state index in [2.05, 4.69) is 15.8 Å². The molecule has 0 spiro atoms. The summed E-state index contributed by atoms with van der Waals surface area (Å²) in [5, 5.41) is 9.19. The Kier molecular flexibility index (Phi) is 6.41. The van der Waals surface area contributed by atoms with Gasteiger partial charge in [0.15, 0.2) is 0 Å². The van der Waals surface area contributed by atoms with Crippen LogP contribution in [0.25, 0.3) is 0 Å². The number of aromatic nitrogens is 1. The van der Waals surface area contributed by atoms with Crippen molar-refractivity contribution in [3.8, 4) is 6.07 Å². The van der Waals surface area contributed by atoms with Crippen LogP contribution in [-0.4, -0.2) is 56.9 Å². The van der Waals surface area contributed by atoms with Crippen molar-refractivity contribution in [3.63, 3.8) is 0 Å². The lowest BCUT2D eigenvalue weighted by atomic mass is 10.2. The third-order valence-electron chi connectivity index (χ3n) is 4.59. The third kappa shape index (κ3) is 5.07. The number of anilines is 1. The SMILES string of the molecule is N#Cc1cccnc1N1CCN(C(=O)CCNS(=O)(=O)c2ccc(F)cc2)CC1. The Hall–Kier alpha value is -3.03. The van der Waals surface area contributed by atoms with Crippen molar-refractivity contribution < 1.29 is 17.6 Å². The molecule has 2 aromatic rings. The van der Waals surface area contributed by atoms with Crippen LogP contribution in [0, 0.1) is 17.1 Å². The van der Waals surface area contributed by atoms with Gasteiger partial charge in [-0.1, -0.05) is 0 Å². The molecule has 8 nitrogen and oxygen atoms in total. The predicted octanol–water partition coefficient (Wildman–Crippen LogP) is 1.11. The van der Waals surface area contributed by atoms with Gasteiger partial charge in [0.05, 0.1) is 10.5 Å². The first-order valence-electron chi connectivity index (χ1n) is 9.04. The molecule has 1 aliphatic rings. The summed E-state index contributed by atoms with van der Waals surface area (Å²) in [6.07, 6.45) is 1.65. The first kappa shape index (κ1) is 20.7. The van der Waals surface area contributed by atoms with E-state index >= 15 is 0 Å². The minimum atomic E-state index is -3.79. The summed E-state index contributed by atoms with van der Waals surface area (Å²) in [7, 11) is -3.79. The molecular formula is C19H20FN5O3S. The van der Waals surface area contributed by atoms with E-state index in [4.69, 9.17) is 0 Å². The van der Waals surface area contributed by atoms with E-state index in [1.807, 2.05) is 4.90 Å². The third-order valence-corrected chi connectivity index (χ3v) is 6.07. The van der Waals surface area contributed by atoms with E-state index < -0.39 is 15.8 Å². The molecule has 29 heavy (non-hydrogen) atoms. The van der Waals surface area contributed by atoms with Crippen molar-refractivity contribution in [3.05, 3.63) is 54.0 Å². The summed E-state index contributed by atoms with van der Waals surface area (Å²) < 4.78 is 39.6. The number of nitrogens with zero attached hydrogens (tertiary/aromatic N) is 4. The molecule has 1 aromatic heterocycles. The normalized spacial score (nSPS) is 14.5.